The van der Waals surface area contributed by atoms with Crippen molar-refractivity contribution in [1.29, 1.82) is 0 Å². The average molecular weight is 267 g/mol. The van der Waals surface area contributed by atoms with Gasteiger partial charge in [-0.1, -0.05) is 19.3 Å². The SMILES string of the molecule is O=[N+]([O-])c1ccc(SC2CCCCCC2O)cc1. The van der Waals surface area contributed by atoms with Crippen LogP contribution in [-0.2, 0) is 0 Å². The van der Waals surface area contributed by atoms with Crippen molar-refractivity contribution in [3.05, 3.63) is 34.4 Å². The van der Waals surface area contributed by atoms with E-state index in [1.807, 2.05) is 0 Å². The second-order valence-corrected chi connectivity index (χ2v) is 5.93. The summed E-state index contributed by atoms with van der Waals surface area (Å²) in [4.78, 5) is 11.2. The largest absolute Gasteiger partial charge is 0.392 e. The summed E-state index contributed by atoms with van der Waals surface area (Å²) >= 11 is 1.63. The zero-order chi connectivity index (χ0) is 13.0. The van der Waals surface area contributed by atoms with E-state index in [4.69, 9.17) is 0 Å². The monoisotopic (exact) mass is 267 g/mol. The van der Waals surface area contributed by atoms with Crippen molar-refractivity contribution >= 4 is 17.4 Å². The minimum Gasteiger partial charge on any atom is -0.392 e. The molecule has 18 heavy (non-hydrogen) atoms. The molecule has 1 N–H and O–H groups in total. The third-order valence-corrected chi connectivity index (χ3v) is 4.65. The van der Waals surface area contributed by atoms with E-state index in [1.165, 1.54) is 18.6 Å². The molecule has 4 nitrogen and oxygen atoms in total. The van der Waals surface area contributed by atoms with Crippen molar-refractivity contribution in [1.82, 2.24) is 0 Å². The van der Waals surface area contributed by atoms with E-state index in [-0.39, 0.29) is 17.0 Å². The van der Waals surface area contributed by atoms with E-state index >= 15 is 0 Å². The third-order valence-electron chi connectivity index (χ3n) is 3.25. The maximum atomic E-state index is 10.6. The van der Waals surface area contributed by atoms with Gasteiger partial charge in [-0.05, 0) is 25.0 Å². The van der Waals surface area contributed by atoms with Gasteiger partial charge in [-0.25, -0.2) is 0 Å². The molecule has 0 saturated heterocycles. The van der Waals surface area contributed by atoms with Crippen LogP contribution in [-0.4, -0.2) is 21.4 Å². The van der Waals surface area contributed by atoms with Gasteiger partial charge >= 0.3 is 0 Å². The molecular weight excluding hydrogens is 250 g/mol. The van der Waals surface area contributed by atoms with Crippen molar-refractivity contribution in [2.45, 2.75) is 48.4 Å². The molecule has 0 aliphatic heterocycles. The quantitative estimate of drug-likeness (QED) is 0.518. The van der Waals surface area contributed by atoms with Crippen LogP contribution in [0.15, 0.2) is 29.2 Å². The summed E-state index contributed by atoms with van der Waals surface area (Å²) in [7, 11) is 0. The summed E-state index contributed by atoms with van der Waals surface area (Å²) in [6.45, 7) is 0. The number of aliphatic hydroxyl groups is 1. The number of nitro groups is 1. The highest BCUT2D eigenvalue weighted by atomic mass is 32.2. The topological polar surface area (TPSA) is 63.4 Å². The Morgan fingerprint density at radius 3 is 2.50 bits per heavy atom. The van der Waals surface area contributed by atoms with Crippen LogP contribution >= 0.6 is 11.8 Å². The Balaban J connectivity index is 2.01. The molecule has 98 valence electrons. The van der Waals surface area contributed by atoms with Crippen LogP contribution in [0.1, 0.15) is 32.1 Å². The summed E-state index contributed by atoms with van der Waals surface area (Å²) in [5.74, 6) is 0. The van der Waals surface area contributed by atoms with Gasteiger partial charge in [-0.2, -0.15) is 0 Å². The average Bonchev–Trinajstić information content (AvgIpc) is 2.56. The van der Waals surface area contributed by atoms with E-state index in [1.54, 1.807) is 23.9 Å². The molecule has 0 bridgehead atoms. The smallest absolute Gasteiger partial charge is 0.269 e. The summed E-state index contributed by atoms with van der Waals surface area (Å²) in [6.07, 6.45) is 5.06. The number of hydrogen-bond donors (Lipinski definition) is 1. The Kier molecular flexibility index (Phi) is 4.60. The van der Waals surface area contributed by atoms with Crippen molar-refractivity contribution in [2.24, 2.45) is 0 Å². The van der Waals surface area contributed by atoms with Crippen molar-refractivity contribution in [3.8, 4) is 0 Å². The molecule has 0 amide bonds. The van der Waals surface area contributed by atoms with Crippen LogP contribution < -0.4 is 0 Å². The molecule has 5 heteroatoms. The van der Waals surface area contributed by atoms with Gasteiger partial charge in [0.05, 0.1) is 11.0 Å². The lowest BCUT2D eigenvalue weighted by molar-refractivity contribution is -0.384. The first-order valence-corrected chi connectivity index (χ1v) is 7.14. The third kappa shape index (κ3) is 3.46. The molecule has 2 unspecified atom stereocenters. The minimum atomic E-state index is -0.394. The highest BCUT2D eigenvalue weighted by Gasteiger charge is 2.22. The molecule has 0 spiro atoms. The fraction of sp³-hybridized carbons (Fsp3) is 0.538. The molecule has 2 rings (SSSR count). The number of thioether (sulfide) groups is 1. The molecule has 1 aliphatic carbocycles. The predicted molar refractivity (Wildman–Crippen MR) is 71.8 cm³/mol. The predicted octanol–water partition coefficient (Wildman–Crippen LogP) is 3.38. The van der Waals surface area contributed by atoms with Gasteiger partial charge in [0, 0.05) is 22.3 Å². The van der Waals surface area contributed by atoms with E-state index < -0.39 is 4.92 Å². The first-order chi connectivity index (χ1) is 8.66. The molecular formula is C13H17NO3S. The number of benzene rings is 1. The highest BCUT2D eigenvalue weighted by molar-refractivity contribution is 8.00. The number of non-ortho nitro benzene ring substituents is 1. The number of aliphatic hydroxyl groups excluding tert-OH is 1. The Hall–Kier alpha value is -1.07. The van der Waals surface area contributed by atoms with E-state index in [0.717, 1.165) is 30.6 Å². The Morgan fingerprint density at radius 1 is 1.17 bits per heavy atom. The zero-order valence-electron chi connectivity index (χ0n) is 10.1. The lowest BCUT2D eigenvalue weighted by Crippen LogP contribution is -2.21. The van der Waals surface area contributed by atoms with Crippen molar-refractivity contribution < 1.29 is 10.0 Å². The van der Waals surface area contributed by atoms with Crippen molar-refractivity contribution in [2.75, 3.05) is 0 Å². The van der Waals surface area contributed by atoms with Crippen LogP contribution in [0.2, 0.25) is 0 Å². The summed E-state index contributed by atoms with van der Waals surface area (Å²) in [6, 6.07) is 6.57. The second-order valence-electron chi connectivity index (χ2n) is 4.61. The van der Waals surface area contributed by atoms with Crippen LogP contribution in [0.25, 0.3) is 0 Å². The number of nitro benzene ring substituents is 1. The lowest BCUT2D eigenvalue weighted by atomic mass is 10.1. The second kappa shape index (κ2) is 6.20. The minimum absolute atomic E-state index is 0.112. The summed E-state index contributed by atoms with van der Waals surface area (Å²) < 4.78 is 0. The van der Waals surface area contributed by atoms with Crippen LogP contribution in [0, 0.1) is 10.1 Å². The van der Waals surface area contributed by atoms with Crippen LogP contribution in [0.5, 0.6) is 0 Å². The molecule has 1 saturated carbocycles. The molecule has 2 atom stereocenters. The van der Waals surface area contributed by atoms with Crippen LogP contribution in [0.4, 0.5) is 5.69 Å². The van der Waals surface area contributed by atoms with E-state index in [9.17, 15) is 15.2 Å². The Labute approximate surface area is 111 Å². The molecule has 0 aromatic heterocycles. The maximum absolute atomic E-state index is 10.6. The lowest BCUT2D eigenvalue weighted by Gasteiger charge is -2.19. The first kappa shape index (κ1) is 13.4. The van der Waals surface area contributed by atoms with E-state index in [0.29, 0.717) is 0 Å². The molecule has 0 heterocycles. The van der Waals surface area contributed by atoms with Gasteiger partial charge in [-0.15, -0.1) is 11.8 Å². The summed E-state index contributed by atoms with van der Waals surface area (Å²) in [5, 5.41) is 20.8. The fourth-order valence-electron chi connectivity index (χ4n) is 2.21. The van der Waals surface area contributed by atoms with Gasteiger partial charge in [0.15, 0.2) is 0 Å². The first-order valence-electron chi connectivity index (χ1n) is 6.26. The molecule has 1 aliphatic rings. The standard InChI is InChI=1S/C13H17NO3S/c15-12-4-2-1-3-5-13(12)18-11-8-6-10(7-9-11)14(16)17/h6-9,12-13,15H,1-5H2. The van der Waals surface area contributed by atoms with Crippen molar-refractivity contribution in [3.63, 3.8) is 0 Å². The summed E-state index contributed by atoms with van der Waals surface area (Å²) in [5.41, 5.74) is 0.112. The van der Waals surface area contributed by atoms with Gasteiger partial charge in [0.1, 0.15) is 0 Å². The van der Waals surface area contributed by atoms with Gasteiger partial charge in [0.2, 0.25) is 0 Å². The highest BCUT2D eigenvalue weighted by Crippen LogP contribution is 2.33. The van der Waals surface area contributed by atoms with Gasteiger partial charge in [0.25, 0.3) is 5.69 Å². The fourth-order valence-corrected chi connectivity index (χ4v) is 3.43. The maximum Gasteiger partial charge on any atom is 0.269 e. The van der Waals surface area contributed by atoms with E-state index in [2.05, 4.69) is 0 Å². The zero-order valence-corrected chi connectivity index (χ0v) is 10.9. The normalized spacial score (nSPS) is 24.5. The molecule has 0 radical (unpaired) electrons. The number of rotatable bonds is 3. The molecule has 1 aromatic rings. The Morgan fingerprint density at radius 2 is 1.83 bits per heavy atom. The number of hydrogen-bond acceptors (Lipinski definition) is 4. The number of nitrogens with zero attached hydrogens (tertiary/aromatic N) is 1. The van der Waals surface area contributed by atoms with Crippen LogP contribution in [0.3, 0.4) is 0 Å². The molecule has 1 fully saturated rings. The van der Waals surface area contributed by atoms with Gasteiger partial charge in [-0.3, -0.25) is 10.1 Å². The van der Waals surface area contributed by atoms with Gasteiger partial charge < -0.3 is 5.11 Å². The molecule has 1 aromatic carbocycles. The Bertz CT molecular complexity index is 407.